The van der Waals surface area contributed by atoms with E-state index in [1.165, 1.54) is 24.3 Å². The van der Waals surface area contributed by atoms with Gasteiger partial charge in [-0.2, -0.15) is 0 Å². The number of aliphatic carboxylic acids is 1. The molecule has 0 aromatic heterocycles. The van der Waals surface area contributed by atoms with Crippen molar-refractivity contribution in [1.29, 1.82) is 0 Å². The Balaban J connectivity index is 2.94. The Morgan fingerprint density at radius 1 is 0.872 bits per heavy atom. The van der Waals surface area contributed by atoms with Crippen molar-refractivity contribution in [2.45, 2.75) is 117 Å². The molecule has 0 fully saturated rings. The van der Waals surface area contributed by atoms with Gasteiger partial charge in [-0.15, -0.1) is 0 Å². The van der Waals surface area contributed by atoms with Crippen LogP contribution in [0.3, 0.4) is 0 Å². The van der Waals surface area contributed by atoms with E-state index in [2.05, 4.69) is 10.6 Å². The zero-order chi connectivity index (χ0) is 35.6. The van der Waals surface area contributed by atoms with E-state index in [0.29, 0.717) is 51.5 Å². The number of ketones is 1. The number of carbonyl (C=O) groups is 6. The van der Waals surface area contributed by atoms with Crippen molar-refractivity contribution in [2.24, 2.45) is 11.7 Å². The van der Waals surface area contributed by atoms with Gasteiger partial charge in [-0.05, 0) is 98.4 Å². The summed E-state index contributed by atoms with van der Waals surface area (Å²) in [6.45, 7) is 10.1. The molecule has 2 atom stereocenters. The quantitative estimate of drug-likeness (QED) is 0.110. The van der Waals surface area contributed by atoms with Crippen molar-refractivity contribution in [3.05, 3.63) is 29.8 Å². The van der Waals surface area contributed by atoms with E-state index in [0.717, 1.165) is 0 Å². The second-order valence-corrected chi connectivity index (χ2v) is 13.4. The number of esters is 2. The number of carboxylic acid groups (broad SMARTS) is 1. The Labute approximate surface area is 277 Å². The van der Waals surface area contributed by atoms with E-state index >= 15 is 0 Å². The van der Waals surface area contributed by atoms with Gasteiger partial charge in [0.15, 0.2) is 12.4 Å². The minimum absolute atomic E-state index is 0.164. The van der Waals surface area contributed by atoms with E-state index in [9.17, 15) is 28.8 Å². The third-order valence-corrected chi connectivity index (χ3v) is 6.56. The standard InChI is InChI=1S/C34H53N3O10/c1-33(2,3)46-29(41)17-9-7-8-13-23(31(43)37-27(16-10-11-18-35)32(44)47-34(4,5)6)19-25(38)21-36-30(42)24-14-12-15-26(20-24)45-22-28(39)40/h12,14-15,20,23,27H,7-11,13,16-19,21-22,35H2,1-6H3,(H,36,42)(H,37,43)(H,39,40)/t23-,27+/m1/s1. The maximum atomic E-state index is 13.5. The highest BCUT2D eigenvalue weighted by Crippen LogP contribution is 2.19. The molecule has 1 rings (SSSR count). The molecule has 0 aliphatic rings. The molecule has 0 aliphatic heterocycles. The van der Waals surface area contributed by atoms with Crippen LogP contribution in [0.15, 0.2) is 24.3 Å². The van der Waals surface area contributed by atoms with Crippen molar-refractivity contribution in [1.82, 2.24) is 10.6 Å². The number of hydrogen-bond acceptors (Lipinski definition) is 10. The second kappa shape index (κ2) is 20.3. The lowest BCUT2D eigenvalue weighted by Gasteiger charge is -2.26. The number of Topliss-reactive ketones (excluding diaryl/α,β-unsaturated/α-hetero) is 1. The smallest absolute Gasteiger partial charge is 0.341 e. The summed E-state index contributed by atoms with van der Waals surface area (Å²) in [4.78, 5) is 75.0. The highest BCUT2D eigenvalue weighted by atomic mass is 16.6. The fourth-order valence-electron chi connectivity index (χ4n) is 4.46. The van der Waals surface area contributed by atoms with Crippen molar-refractivity contribution in [2.75, 3.05) is 19.7 Å². The summed E-state index contributed by atoms with van der Waals surface area (Å²) < 4.78 is 16.0. The molecule has 47 heavy (non-hydrogen) atoms. The van der Waals surface area contributed by atoms with Crippen molar-refractivity contribution in [3.63, 3.8) is 0 Å². The molecule has 1 aromatic carbocycles. The summed E-state index contributed by atoms with van der Waals surface area (Å²) in [6.07, 6.45) is 3.60. The Hall–Kier alpha value is -4.00. The molecular weight excluding hydrogens is 610 g/mol. The summed E-state index contributed by atoms with van der Waals surface area (Å²) in [5.74, 6) is -4.13. The Morgan fingerprint density at radius 3 is 2.15 bits per heavy atom. The Bertz CT molecular complexity index is 1200. The van der Waals surface area contributed by atoms with Crippen LogP contribution in [0.2, 0.25) is 0 Å². The van der Waals surface area contributed by atoms with E-state index in [4.69, 9.17) is 25.1 Å². The van der Waals surface area contributed by atoms with Crippen LogP contribution in [0.5, 0.6) is 5.75 Å². The van der Waals surface area contributed by atoms with E-state index in [1.807, 2.05) is 0 Å². The number of hydrogen-bond donors (Lipinski definition) is 4. The summed E-state index contributed by atoms with van der Waals surface area (Å²) >= 11 is 0. The van der Waals surface area contributed by atoms with Crippen molar-refractivity contribution in [3.8, 4) is 5.75 Å². The molecule has 0 radical (unpaired) electrons. The molecule has 0 heterocycles. The Morgan fingerprint density at radius 2 is 1.53 bits per heavy atom. The van der Waals surface area contributed by atoms with Crippen LogP contribution in [-0.4, -0.2) is 77.6 Å². The molecule has 0 bridgehead atoms. The molecule has 13 nitrogen and oxygen atoms in total. The van der Waals surface area contributed by atoms with Gasteiger partial charge in [0.05, 0.1) is 6.54 Å². The molecule has 1 aromatic rings. The number of unbranched alkanes of at least 4 members (excludes halogenated alkanes) is 3. The summed E-state index contributed by atoms with van der Waals surface area (Å²) in [5, 5.41) is 14.1. The van der Waals surface area contributed by atoms with Gasteiger partial charge in [0.2, 0.25) is 5.91 Å². The number of benzene rings is 1. The summed E-state index contributed by atoms with van der Waals surface area (Å²) in [7, 11) is 0. The van der Waals surface area contributed by atoms with Crippen LogP contribution in [0.1, 0.15) is 110 Å². The fourth-order valence-corrected chi connectivity index (χ4v) is 4.46. The monoisotopic (exact) mass is 663 g/mol. The maximum Gasteiger partial charge on any atom is 0.341 e. The fraction of sp³-hybridized carbons (Fsp3) is 0.647. The lowest BCUT2D eigenvalue weighted by Crippen LogP contribution is -2.46. The molecule has 264 valence electrons. The highest BCUT2D eigenvalue weighted by Gasteiger charge is 2.30. The number of amides is 2. The molecule has 0 saturated heterocycles. The topological polar surface area (TPSA) is 200 Å². The number of carboxylic acids is 1. The highest BCUT2D eigenvalue weighted by molar-refractivity contribution is 5.97. The average molecular weight is 664 g/mol. The zero-order valence-corrected chi connectivity index (χ0v) is 28.6. The minimum Gasteiger partial charge on any atom is -0.482 e. The lowest BCUT2D eigenvalue weighted by atomic mass is 9.93. The first kappa shape index (κ1) is 41.0. The first-order chi connectivity index (χ1) is 21.9. The van der Waals surface area contributed by atoms with Gasteiger partial charge in [0, 0.05) is 24.3 Å². The van der Waals surface area contributed by atoms with Gasteiger partial charge in [-0.1, -0.05) is 18.9 Å². The SMILES string of the molecule is CC(C)(C)OC(=O)CCCCC[C@H](CC(=O)CNC(=O)c1cccc(OCC(=O)O)c1)C(=O)N[C@@H](CCCCN)C(=O)OC(C)(C)C. The maximum absolute atomic E-state index is 13.5. The van der Waals surface area contributed by atoms with Crippen LogP contribution in [0.25, 0.3) is 0 Å². The zero-order valence-electron chi connectivity index (χ0n) is 28.6. The lowest BCUT2D eigenvalue weighted by molar-refractivity contribution is -0.159. The van der Waals surface area contributed by atoms with Crippen LogP contribution < -0.4 is 21.1 Å². The summed E-state index contributed by atoms with van der Waals surface area (Å²) in [6, 6.07) is 4.95. The Kier molecular flexibility index (Phi) is 17.7. The van der Waals surface area contributed by atoms with Gasteiger partial charge < -0.3 is 35.7 Å². The van der Waals surface area contributed by atoms with Gasteiger partial charge in [-0.25, -0.2) is 9.59 Å². The molecule has 2 amide bonds. The van der Waals surface area contributed by atoms with Gasteiger partial charge in [-0.3, -0.25) is 19.2 Å². The van der Waals surface area contributed by atoms with Gasteiger partial charge in [0.1, 0.15) is 23.0 Å². The number of ether oxygens (including phenoxy) is 3. The second-order valence-electron chi connectivity index (χ2n) is 13.4. The molecule has 5 N–H and O–H groups in total. The molecule has 0 saturated carbocycles. The molecular formula is C34H53N3O10. The molecule has 0 aliphatic carbocycles. The van der Waals surface area contributed by atoms with Crippen molar-refractivity contribution >= 4 is 35.5 Å². The number of rotatable bonds is 21. The van der Waals surface area contributed by atoms with Crippen LogP contribution in [-0.2, 0) is 33.4 Å². The van der Waals surface area contributed by atoms with Crippen LogP contribution >= 0.6 is 0 Å². The first-order valence-corrected chi connectivity index (χ1v) is 16.1. The van der Waals surface area contributed by atoms with Gasteiger partial charge >= 0.3 is 17.9 Å². The predicted molar refractivity (Wildman–Crippen MR) is 175 cm³/mol. The summed E-state index contributed by atoms with van der Waals surface area (Å²) in [5.41, 5.74) is 4.43. The number of carbonyl (C=O) groups excluding carboxylic acids is 5. The van der Waals surface area contributed by atoms with Crippen LogP contribution in [0.4, 0.5) is 0 Å². The molecule has 13 heteroatoms. The van der Waals surface area contributed by atoms with Crippen LogP contribution in [0, 0.1) is 5.92 Å². The average Bonchev–Trinajstić information content (AvgIpc) is 2.95. The molecule has 0 spiro atoms. The first-order valence-electron chi connectivity index (χ1n) is 16.1. The van der Waals surface area contributed by atoms with E-state index in [1.54, 1.807) is 41.5 Å². The largest absolute Gasteiger partial charge is 0.482 e. The minimum atomic E-state index is -1.17. The molecule has 0 unspecified atom stereocenters. The number of nitrogens with one attached hydrogen (secondary N) is 2. The normalized spacial score (nSPS) is 12.7. The van der Waals surface area contributed by atoms with Crippen molar-refractivity contribution < 1.29 is 48.1 Å². The van der Waals surface area contributed by atoms with E-state index < -0.39 is 59.3 Å². The third-order valence-electron chi connectivity index (χ3n) is 6.56. The number of nitrogens with two attached hydrogens (primary N) is 1. The predicted octanol–water partition coefficient (Wildman–Crippen LogP) is 3.70. The third kappa shape index (κ3) is 19.3. The van der Waals surface area contributed by atoms with E-state index in [-0.39, 0.29) is 36.7 Å². The van der Waals surface area contributed by atoms with Gasteiger partial charge in [0.25, 0.3) is 5.91 Å².